The van der Waals surface area contributed by atoms with Crippen LogP contribution >= 0.6 is 11.3 Å². The molecule has 3 heterocycles. The van der Waals surface area contributed by atoms with Gasteiger partial charge in [-0.3, -0.25) is 9.88 Å². The standard InChI is InChI=1S/C22H21F2N3O2S/c23-15-3-4-20-17(10-15)14(13-30-20)2-1-5-26-6-8-27(9-7-26)19-12-16(24)11-18-21(19)29-22(28)25-18/h3-4,10-13H,1-2,5-9H2,(H,25,28). The van der Waals surface area contributed by atoms with E-state index < -0.39 is 11.6 Å². The Hall–Kier alpha value is -2.71. The summed E-state index contributed by atoms with van der Waals surface area (Å²) in [5, 5.41) is 3.15. The van der Waals surface area contributed by atoms with Crippen LogP contribution in [0.5, 0.6) is 0 Å². The number of hydrogen-bond donors (Lipinski definition) is 1. The minimum absolute atomic E-state index is 0.192. The van der Waals surface area contributed by atoms with Crippen LogP contribution in [0.1, 0.15) is 12.0 Å². The van der Waals surface area contributed by atoms with Crippen LogP contribution in [-0.4, -0.2) is 42.6 Å². The van der Waals surface area contributed by atoms with E-state index >= 15 is 0 Å². The van der Waals surface area contributed by atoms with E-state index in [0.717, 1.165) is 55.7 Å². The number of aromatic amines is 1. The van der Waals surface area contributed by atoms with Crippen LogP contribution in [0.15, 0.2) is 44.9 Å². The van der Waals surface area contributed by atoms with Gasteiger partial charge in [-0.05, 0) is 53.9 Å². The molecule has 5 rings (SSSR count). The molecule has 30 heavy (non-hydrogen) atoms. The fourth-order valence-corrected chi connectivity index (χ4v) is 5.17. The van der Waals surface area contributed by atoms with Crippen molar-refractivity contribution in [2.75, 3.05) is 37.6 Å². The maximum atomic E-state index is 14.0. The number of anilines is 1. The van der Waals surface area contributed by atoms with E-state index in [0.29, 0.717) is 16.8 Å². The van der Waals surface area contributed by atoms with Crippen molar-refractivity contribution in [1.29, 1.82) is 0 Å². The van der Waals surface area contributed by atoms with Crippen molar-refractivity contribution in [3.8, 4) is 0 Å². The van der Waals surface area contributed by atoms with Crippen LogP contribution in [0, 0.1) is 11.6 Å². The molecule has 0 amide bonds. The fourth-order valence-electron chi connectivity index (χ4n) is 4.20. The third kappa shape index (κ3) is 3.73. The second kappa shape index (κ2) is 7.85. The van der Waals surface area contributed by atoms with Crippen LogP contribution in [0.2, 0.25) is 0 Å². The quantitative estimate of drug-likeness (QED) is 0.512. The molecule has 1 saturated heterocycles. The highest BCUT2D eigenvalue weighted by atomic mass is 32.1. The summed E-state index contributed by atoms with van der Waals surface area (Å²) >= 11 is 1.66. The molecule has 0 atom stereocenters. The molecule has 156 valence electrons. The number of halogens is 2. The molecular formula is C22H21F2N3O2S. The number of hydrogen-bond acceptors (Lipinski definition) is 5. The van der Waals surface area contributed by atoms with E-state index in [-0.39, 0.29) is 5.82 Å². The monoisotopic (exact) mass is 429 g/mol. The molecule has 2 aromatic carbocycles. The van der Waals surface area contributed by atoms with Gasteiger partial charge in [0.05, 0.1) is 11.2 Å². The van der Waals surface area contributed by atoms with Crippen LogP contribution in [0.4, 0.5) is 14.5 Å². The molecule has 0 bridgehead atoms. The van der Waals surface area contributed by atoms with E-state index in [4.69, 9.17) is 4.42 Å². The number of H-pyrrole nitrogens is 1. The predicted molar refractivity (Wildman–Crippen MR) is 116 cm³/mol. The van der Waals surface area contributed by atoms with Crippen molar-refractivity contribution in [1.82, 2.24) is 9.88 Å². The number of aryl methyl sites for hydroxylation is 1. The lowest BCUT2D eigenvalue weighted by atomic mass is 10.1. The Balaban J connectivity index is 1.20. The lowest BCUT2D eigenvalue weighted by molar-refractivity contribution is 0.255. The lowest BCUT2D eigenvalue weighted by Crippen LogP contribution is -2.46. The van der Waals surface area contributed by atoms with Crippen molar-refractivity contribution in [3.05, 3.63) is 63.5 Å². The molecule has 1 aliphatic rings. The van der Waals surface area contributed by atoms with E-state index in [1.807, 2.05) is 6.07 Å². The zero-order chi connectivity index (χ0) is 20.7. The maximum Gasteiger partial charge on any atom is 0.417 e. The van der Waals surface area contributed by atoms with Crippen molar-refractivity contribution in [3.63, 3.8) is 0 Å². The number of benzene rings is 2. The molecule has 1 aliphatic heterocycles. The van der Waals surface area contributed by atoms with Crippen LogP contribution in [0.25, 0.3) is 21.2 Å². The molecule has 4 aromatic rings. The molecule has 0 saturated carbocycles. The molecule has 0 spiro atoms. The van der Waals surface area contributed by atoms with Crippen molar-refractivity contribution in [2.45, 2.75) is 12.8 Å². The Morgan fingerprint density at radius 1 is 1.07 bits per heavy atom. The Morgan fingerprint density at radius 3 is 2.73 bits per heavy atom. The number of piperazine rings is 1. The molecular weight excluding hydrogens is 408 g/mol. The van der Waals surface area contributed by atoms with Gasteiger partial charge in [0.2, 0.25) is 0 Å². The summed E-state index contributed by atoms with van der Waals surface area (Å²) in [5.41, 5.74) is 2.62. The van der Waals surface area contributed by atoms with Gasteiger partial charge in [0.15, 0.2) is 5.58 Å². The SMILES string of the molecule is O=c1[nH]c2cc(F)cc(N3CCN(CCCc4csc5ccc(F)cc45)CC3)c2o1. The van der Waals surface area contributed by atoms with E-state index in [1.165, 1.54) is 23.8 Å². The Labute approximate surface area is 175 Å². The average Bonchev–Trinajstić information content (AvgIpc) is 3.30. The zero-order valence-corrected chi connectivity index (χ0v) is 17.1. The van der Waals surface area contributed by atoms with Crippen molar-refractivity contribution < 1.29 is 13.2 Å². The van der Waals surface area contributed by atoms with Gasteiger partial charge < -0.3 is 9.32 Å². The molecule has 1 fully saturated rings. The van der Waals surface area contributed by atoms with Crippen molar-refractivity contribution in [2.24, 2.45) is 0 Å². The highest BCUT2D eigenvalue weighted by Gasteiger charge is 2.21. The van der Waals surface area contributed by atoms with Crippen LogP contribution in [0.3, 0.4) is 0 Å². The first kappa shape index (κ1) is 19.3. The zero-order valence-electron chi connectivity index (χ0n) is 16.3. The van der Waals surface area contributed by atoms with Gasteiger partial charge in [-0.1, -0.05) is 0 Å². The Morgan fingerprint density at radius 2 is 1.90 bits per heavy atom. The normalized spacial score (nSPS) is 15.5. The van der Waals surface area contributed by atoms with Gasteiger partial charge in [0, 0.05) is 43.0 Å². The Bertz CT molecular complexity index is 1250. The largest absolute Gasteiger partial charge is 0.417 e. The van der Waals surface area contributed by atoms with Gasteiger partial charge in [0.1, 0.15) is 11.6 Å². The summed E-state index contributed by atoms with van der Waals surface area (Å²) < 4.78 is 33.8. The van der Waals surface area contributed by atoms with E-state index in [9.17, 15) is 13.6 Å². The predicted octanol–water partition coefficient (Wildman–Crippen LogP) is 4.37. The minimum atomic E-state index is -0.573. The van der Waals surface area contributed by atoms with Gasteiger partial charge in [-0.25, -0.2) is 13.6 Å². The number of thiophene rings is 1. The summed E-state index contributed by atoms with van der Waals surface area (Å²) in [5.74, 6) is -1.16. The summed E-state index contributed by atoms with van der Waals surface area (Å²) in [7, 11) is 0. The summed E-state index contributed by atoms with van der Waals surface area (Å²) in [6.07, 6.45) is 1.92. The van der Waals surface area contributed by atoms with Crippen molar-refractivity contribution >= 4 is 38.2 Å². The maximum absolute atomic E-state index is 14.0. The highest BCUT2D eigenvalue weighted by Crippen LogP contribution is 2.29. The van der Waals surface area contributed by atoms with Gasteiger partial charge in [0.25, 0.3) is 0 Å². The topological polar surface area (TPSA) is 52.5 Å². The van der Waals surface area contributed by atoms with Crippen LogP contribution in [-0.2, 0) is 6.42 Å². The molecule has 2 aromatic heterocycles. The first-order valence-corrected chi connectivity index (χ1v) is 10.9. The first-order chi connectivity index (χ1) is 14.6. The second-order valence-corrected chi connectivity index (χ2v) is 8.56. The molecule has 8 heteroatoms. The summed E-state index contributed by atoms with van der Waals surface area (Å²) in [6.45, 7) is 4.13. The fraction of sp³-hybridized carbons (Fsp3) is 0.318. The number of nitrogens with zero attached hydrogens (tertiary/aromatic N) is 2. The van der Waals surface area contributed by atoms with E-state index in [2.05, 4.69) is 20.2 Å². The highest BCUT2D eigenvalue weighted by molar-refractivity contribution is 7.17. The molecule has 0 unspecified atom stereocenters. The van der Waals surface area contributed by atoms with Crippen LogP contribution < -0.4 is 10.7 Å². The minimum Gasteiger partial charge on any atom is -0.406 e. The molecule has 1 N–H and O–H groups in total. The molecule has 5 nitrogen and oxygen atoms in total. The first-order valence-electron chi connectivity index (χ1n) is 10.0. The molecule has 0 radical (unpaired) electrons. The number of nitrogens with one attached hydrogen (secondary N) is 1. The van der Waals surface area contributed by atoms with Gasteiger partial charge in [-0.2, -0.15) is 0 Å². The smallest absolute Gasteiger partial charge is 0.406 e. The van der Waals surface area contributed by atoms with Gasteiger partial charge >= 0.3 is 5.76 Å². The Kier molecular flexibility index (Phi) is 5.04. The number of aromatic nitrogens is 1. The lowest BCUT2D eigenvalue weighted by Gasteiger charge is -2.36. The van der Waals surface area contributed by atoms with Gasteiger partial charge in [-0.15, -0.1) is 11.3 Å². The number of rotatable bonds is 5. The number of fused-ring (bicyclic) bond motifs is 2. The third-order valence-corrected chi connectivity index (χ3v) is 6.73. The average molecular weight is 429 g/mol. The summed E-state index contributed by atoms with van der Waals surface area (Å²) in [4.78, 5) is 18.5. The second-order valence-electron chi connectivity index (χ2n) is 7.65. The number of oxazole rings is 1. The molecule has 0 aliphatic carbocycles. The summed E-state index contributed by atoms with van der Waals surface area (Å²) in [6, 6.07) is 7.68. The third-order valence-electron chi connectivity index (χ3n) is 5.71. The van der Waals surface area contributed by atoms with E-state index in [1.54, 1.807) is 17.4 Å².